The van der Waals surface area contributed by atoms with E-state index in [1.54, 1.807) is 18.2 Å². The van der Waals surface area contributed by atoms with Gasteiger partial charge in [0.2, 0.25) is 0 Å². The van der Waals surface area contributed by atoms with Gasteiger partial charge in [0.25, 0.3) is 0 Å². The lowest BCUT2D eigenvalue weighted by Crippen LogP contribution is -2.47. The van der Waals surface area contributed by atoms with Crippen molar-refractivity contribution in [2.24, 2.45) is 0 Å². The van der Waals surface area contributed by atoms with Gasteiger partial charge in [0, 0.05) is 12.1 Å². The monoisotopic (exact) mass is 540 g/mol. The minimum Gasteiger partial charge on any atom is -0.493 e. The first kappa shape index (κ1) is 27.9. The first-order chi connectivity index (χ1) is 17.2. The number of benzene rings is 2. The zero-order valence-electron chi connectivity index (χ0n) is 20.6. The molecular formula is C25H27F3N2O6S. The fourth-order valence-corrected chi connectivity index (χ4v) is 4.27. The molecule has 0 atom stereocenters. The average molecular weight is 541 g/mol. The predicted octanol–water partition coefficient (Wildman–Crippen LogP) is 5.59. The van der Waals surface area contributed by atoms with Crippen LogP contribution in [0.15, 0.2) is 70.2 Å². The van der Waals surface area contributed by atoms with E-state index in [1.807, 2.05) is 20.8 Å². The molecule has 0 aliphatic heterocycles. The number of amides is 2. The van der Waals surface area contributed by atoms with E-state index in [4.69, 9.17) is 13.3 Å². The Labute approximate surface area is 213 Å². The molecular weight excluding hydrogens is 513 g/mol. The normalized spacial score (nSPS) is 12.2. The highest BCUT2D eigenvalue weighted by atomic mass is 32.2. The van der Waals surface area contributed by atoms with Gasteiger partial charge in [-0.1, -0.05) is 12.1 Å². The van der Waals surface area contributed by atoms with Crippen LogP contribution in [0.2, 0.25) is 0 Å². The number of carbonyl (C=O) groups is 1. The van der Waals surface area contributed by atoms with E-state index < -0.39 is 38.3 Å². The Morgan fingerprint density at radius 2 is 1.73 bits per heavy atom. The number of hydrogen-bond acceptors (Lipinski definition) is 6. The third kappa shape index (κ3) is 7.66. The fourth-order valence-electron chi connectivity index (χ4n) is 3.29. The third-order valence-electron chi connectivity index (χ3n) is 4.95. The van der Waals surface area contributed by atoms with Crippen LogP contribution in [0, 0.1) is 0 Å². The van der Waals surface area contributed by atoms with Crippen molar-refractivity contribution in [2.75, 3.05) is 7.11 Å². The summed E-state index contributed by atoms with van der Waals surface area (Å²) in [5.41, 5.74) is -1.17. The minimum atomic E-state index is -4.73. The van der Waals surface area contributed by atoms with Gasteiger partial charge in [-0.3, -0.25) is 0 Å². The highest BCUT2D eigenvalue weighted by Crippen LogP contribution is 2.34. The lowest BCUT2D eigenvalue weighted by molar-refractivity contribution is -0.137. The smallest absolute Gasteiger partial charge is 0.416 e. The van der Waals surface area contributed by atoms with E-state index in [9.17, 15) is 26.4 Å². The summed E-state index contributed by atoms with van der Waals surface area (Å²) in [5, 5.41) is 2.87. The Morgan fingerprint density at radius 1 is 1.00 bits per heavy atom. The Bertz CT molecular complexity index is 1330. The maximum absolute atomic E-state index is 13.1. The van der Waals surface area contributed by atoms with Crippen molar-refractivity contribution in [1.29, 1.82) is 0 Å². The van der Waals surface area contributed by atoms with Crippen LogP contribution < -0.4 is 14.2 Å². The Balaban J connectivity index is 1.91. The molecule has 0 bridgehead atoms. The fraction of sp³-hybridized carbons (Fsp3) is 0.320. The molecule has 12 heteroatoms. The molecule has 0 aliphatic rings. The van der Waals surface area contributed by atoms with Gasteiger partial charge in [-0.05, 0) is 68.8 Å². The van der Waals surface area contributed by atoms with Gasteiger partial charge in [0.05, 0.1) is 25.5 Å². The van der Waals surface area contributed by atoms with Crippen molar-refractivity contribution in [3.63, 3.8) is 0 Å². The molecule has 3 aromatic rings. The number of ether oxygens (including phenoxy) is 1. The van der Waals surface area contributed by atoms with Crippen LogP contribution in [0.5, 0.6) is 11.5 Å². The molecule has 1 heterocycles. The number of urea groups is 1. The highest BCUT2D eigenvalue weighted by Gasteiger charge is 2.32. The first-order valence-corrected chi connectivity index (χ1v) is 12.5. The summed E-state index contributed by atoms with van der Waals surface area (Å²) < 4.78 is 80.6. The van der Waals surface area contributed by atoms with Crippen molar-refractivity contribution >= 4 is 16.1 Å². The molecule has 200 valence electrons. The van der Waals surface area contributed by atoms with Gasteiger partial charge >= 0.3 is 22.3 Å². The van der Waals surface area contributed by atoms with Crippen molar-refractivity contribution in [2.45, 2.75) is 50.5 Å². The molecule has 1 aromatic heterocycles. The van der Waals surface area contributed by atoms with Crippen molar-refractivity contribution < 1.29 is 39.7 Å². The zero-order valence-corrected chi connectivity index (χ0v) is 21.4. The third-order valence-corrected chi connectivity index (χ3v) is 6.18. The summed E-state index contributed by atoms with van der Waals surface area (Å²) in [5.74, 6) is 0.323. The quantitative estimate of drug-likeness (QED) is 0.375. The molecule has 0 saturated carbocycles. The SMILES string of the molecule is COc1ccc(CN(Cc2ccco2)C(=O)NC(C)(C)C)cc1OS(=O)(=O)c1cccc(C(F)(F)F)c1. The molecule has 2 amide bonds. The Morgan fingerprint density at radius 3 is 2.32 bits per heavy atom. The number of furan rings is 1. The van der Waals surface area contributed by atoms with Gasteiger partial charge < -0.3 is 23.6 Å². The lowest BCUT2D eigenvalue weighted by Gasteiger charge is -2.28. The maximum atomic E-state index is 13.1. The van der Waals surface area contributed by atoms with E-state index in [2.05, 4.69) is 5.32 Å². The van der Waals surface area contributed by atoms with E-state index in [-0.39, 0.29) is 24.6 Å². The van der Waals surface area contributed by atoms with E-state index in [1.165, 1.54) is 30.4 Å². The summed E-state index contributed by atoms with van der Waals surface area (Å²) in [6.07, 6.45) is -3.25. The molecule has 0 fully saturated rings. The average Bonchev–Trinajstić information content (AvgIpc) is 3.30. The van der Waals surface area contributed by atoms with Gasteiger partial charge in [0.1, 0.15) is 10.7 Å². The van der Waals surface area contributed by atoms with Gasteiger partial charge in [0.15, 0.2) is 11.5 Å². The zero-order chi connectivity index (χ0) is 27.4. The Kier molecular flexibility index (Phi) is 8.11. The summed E-state index contributed by atoms with van der Waals surface area (Å²) in [4.78, 5) is 13.7. The molecule has 0 saturated heterocycles. The topological polar surface area (TPSA) is 98.1 Å². The van der Waals surface area contributed by atoms with Crippen LogP contribution in [-0.4, -0.2) is 32.0 Å². The number of rotatable bonds is 8. The number of halogens is 3. The lowest BCUT2D eigenvalue weighted by atomic mass is 10.1. The van der Waals surface area contributed by atoms with Crippen molar-refractivity contribution in [3.8, 4) is 11.5 Å². The molecule has 0 unspecified atom stereocenters. The summed E-state index contributed by atoms with van der Waals surface area (Å²) in [6, 6.07) is 10.7. The molecule has 2 aromatic carbocycles. The summed E-state index contributed by atoms with van der Waals surface area (Å²) in [7, 11) is -3.35. The number of methoxy groups -OCH3 is 1. The van der Waals surface area contributed by atoms with Gasteiger partial charge in [-0.2, -0.15) is 21.6 Å². The number of carbonyl (C=O) groups excluding carboxylic acids is 1. The van der Waals surface area contributed by atoms with Crippen LogP contribution in [-0.2, 0) is 29.4 Å². The van der Waals surface area contributed by atoms with Crippen molar-refractivity contribution in [1.82, 2.24) is 10.2 Å². The van der Waals surface area contributed by atoms with Crippen LogP contribution in [0.3, 0.4) is 0 Å². The van der Waals surface area contributed by atoms with E-state index >= 15 is 0 Å². The largest absolute Gasteiger partial charge is 0.493 e. The number of nitrogens with zero attached hydrogens (tertiary/aromatic N) is 1. The second kappa shape index (κ2) is 10.8. The molecule has 1 N–H and O–H groups in total. The number of hydrogen-bond donors (Lipinski definition) is 1. The molecule has 0 radical (unpaired) electrons. The van der Waals surface area contributed by atoms with E-state index in [0.717, 1.165) is 18.2 Å². The molecule has 37 heavy (non-hydrogen) atoms. The highest BCUT2D eigenvalue weighted by molar-refractivity contribution is 7.87. The standard InChI is InChI=1S/C25H27F3N2O6S/c1-24(2,3)29-23(31)30(16-19-8-6-12-35-19)15-17-10-11-21(34-4)22(13-17)36-37(32,33)20-9-5-7-18(14-20)25(26,27)28/h5-14H,15-16H2,1-4H3,(H,29,31). The van der Waals surface area contributed by atoms with Crippen LogP contribution >= 0.6 is 0 Å². The summed E-state index contributed by atoms with van der Waals surface area (Å²) >= 11 is 0. The molecule has 8 nitrogen and oxygen atoms in total. The van der Waals surface area contributed by atoms with E-state index in [0.29, 0.717) is 17.4 Å². The predicted molar refractivity (Wildman–Crippen MR) is 128 cm³/mol. The minimum absolute atomic E-state index is 0.0343. The molecule has 0 aliphatic carbocycles. The second-order valence-electron chi connectivity index (χ2n) is 9.16. The van der Waals surface area contributed by atoms with Gasteiger partial charge in [-0.25, -0.2) is 4.79 Å². The van der Waals surface area contributed by atoms with Gasteiger partial charge in [-0.15, -0.1) is 0 Å². The van der Waals surface area contributed by atoms with Crippen LogP contribution in [0.4, 0.5) is 18.0 Å². The second-order valence-corrected chi connectivity index (χ2v) is 10.7. The Hall–Kier alpha value is -3.67. The first-order valence-electron chi connectivity index (χ1n) is 11.1. The van der Waals surface area contributed by atoms with Crippen LogP contribution in [0.25, 0.3) is 0 Å². The maximum Gasteiger partial charge on any atom is 0.416 e. The van der Waals surface area contributed by atoms with Crippen LogP contribution in [0.1, 0.15) is 37.7 Å². The van der Waals surface area contributed by atoms with Crippen molar-refractivity contribution in [3.05, 3.63) is 77.7 Å². The summed E-state index contributed by atoms with van der Waals surface area (Å²) in [6.45, 7) is 5.64. The number of nitrogens with one attached hydrogen (secondary N) is 1. The number of alkyl halides is 3. The molecule has 3 rings (SSSR count). The molecule has 0 spiro atoms.